The van der Waals surface area contributed by atoms with Gasteiger partial charge in [0.1, 0.15) is 11.9 Å². The lowest BCUT2D eigenvalue weighted by molar-refractivity contribution is -0.384. The van der Waals surface area contributed by atoms with Crippen LogP contribution in [0.25, 0.3) is 0 Å². The molecule has 0 spiro atoms. The van der Waals surface area contributed by atoms with Crippen molar-refractivity contribution < 1.29 is 4.92 Å². The Morgan fingerprint density at radius 3 is 3.06 bits per heavy atom. The third kappa shape index (κ3) is 2.65. The molecule has 2 aromatic rings. The van der Waals surface area contributed by atoms with E-state index in [1.165, 1.54) is 16.6 Å². The molecule has 0 radical (unpaired) electrons. The monoisotopic (exact) mass is 263 g/mol. The quantitative estimate of drug-likeness (QED) is 0.664. The van der Waals surface area contributed by atoms with Gasteiger partial charge in [0.25, 0.3) is 0 Å². The molecule has 0 unspecified atom stereocenters. The van der Waals surface area contributed by atoms with Crippen molar-refractivity contribution in [3.8, 4) is 0 Å². The van der Waals surface area contributed by atoms with Crippen LogP contribution in [-0.2, 0) is 13.0 Å². The molecule has 0 aliphatic carbocycles. The van der Waals surface area contributed by atoms with Gasteiger partial charge in [0.2, 0.25) is 0 Å². The molecule has 0 aliphatic heterocycles. The van der Waals surface area contributed by atoms with Crippen LogP contribution in [0.15, 0.2) is 29.9 Å². The van der Waals surface area contributed by atoms with E-state index >= 15 is 0 Å². The van der Waals surface area contributed by atoms with E-state index in [9.17, 15) is 10.1 Å². The Morgan fingerprint density at radius 1 is 1.50 bits per heavy atom. The Bertz CT molecular complexity index is 554. The summed E-state index contributed by atoms with van der Waals surface area (Å²) in [7, 11) is 0. The molecule has 5 nitrogen and oxygen atoms in total. The van der Waals surface area contributed by atoms with Crippen LogP contribution in [0, 0.1) is 10.1 Å². The number of nitro groups is 1. The Labute approximate surface area is 109 Å². The van der Waals surface area contributed by atoms with Gasteiger partial charge in [-0.3, -0.25) is 15.1 Å². The predicted octanol–water partition coefficient (Wildman–Crippen LogP) is 3.23. The van der Waals surface area contributed by atoms with Crippen molar-refractivity contribution in [1.29, 1.82) is 0 Å². The maximum atomic E-state index is 10.8. The molecule has 1 N–H and O–H groups in total. The molecule has 0 saturated heterocycles. The molecule has 94 valence electrons. The van der Waals surface area contributed by atoms with Crippen LogP contribution in [0.4, 0.5) is 11.4 Å². The SMILES string of the molecule is CCc1ccsc1CNc1ccncc1[N+](=O)[O-]. The molecule has 0 aromatic carbocycles. The van der Waals surface area contributed by atoms with Crippen molar-refractivity contribution >= 4 is 22.7 Å². The molecular formula is C12H13N3O2S. The zero-order chi connectivity index (χ0) is 13.0. The van der Waals surface area contributed by atoms with E-state index in [4.69, 9.17) is 0 Å². The highest BCUT2D eigenvalue weighted by molar-refractivity contribution is 7.10. The summed E-state index contributed by atoms with van der Waals surface area (Å²) < 4.78 is 0. The lowest BCUT2D eigenvalue weighted by Crippen LogP contribution is -2.03. The number of aromatic nitrogens is 1. The molecule has 0 amide bonds. The van der Waals surface area contributed by atoms with Gasteiger partial charge in [-0.05, 0) is 29.5 Å². The predicted molar refractivity (Wildman–Crippen MR) is 71.9 cm³/mol. The topological polar surface area (TPSA) is 68.1 Å². The summed E-state index contributed by atoms with van der Waals surface area (Å²) in [6, 6.07) is 3.71. The number of thiophene rings is 1. The van der Waals surface area contributed by atoms with Crippen molar-refractivity contribution in [2.75, 3.05) is 5.32 Å². The Morgan fingerprint density at radius 2 is 2.33 bits per heavy atom. The second-order valence-electron chi connectivity index (χ2n) is 3.73. The zero-order valence-electron chi connectivity index (χ0n) is 9.92. The maximum absolute atomic E-state index is 10.8. The van der Waals surface area contributed by atoms with Crippen LogP contribution in [0.3, 0.4) is 0 Å². The number of aryl methyl sites for hydroxylation is 1. The first-order chi connectivity index (χ1) is 8.72. The molecule has 0 aliphatic rings. The van der Waals surface area contributed by atoms with E-state index in [1.54, 1.807) is 23.6 Å². The molecule has 0 fully saturated rings. The average molecular weight is 263 g/mol. The zero-order valence-corrected chi connectivity index (χ0v) is 10.7. The summed E-state index contributed by atoms with van der Waals surface area (Å²) in [5, 5.41) is 16.0. The highest BCUT2D eigenvalue weighted by Gasteiger charge is 2.13. The van der Waals surface area contributed by atoms with Crippen molar-refractivity contribution in [2.45, 2.75) is 19.9 Å². The minimum Gasteiger partial charge on any atom is -0.374 e. The van der Waals surface area contributed by atoms with Crippen molar-refractivity contribution in [1.82, 2.24) is 4.98 Å². The fourth-order valence-electron chi connectivity index (χ4n) is 1.69. The maximum Gasteiger partial charge on any atom is 0.310 e. The molecule has 6 heteroatoms. The van der Waals surface area contributed by atoms with Gasteiger partial charge >= 0.3 is 5.69 Å². The van der Waals surface area contributed by atoms with E-state index in [0.29, 0.717) is 12.2 Å². The van der Waals surface area contributed by atoms with Crippen LogP contribution in [0.5, 0.6) is 0 Å². The fourth-order valence-corrected chi connectivity index (χ4v) is 2.61. The number of rotatable bonds is 5. The molecular weight excluding hydrogens is 250 g/mol. The number of anilines is 1. The number of nitrogens with zero attached hydrogens (tertiary/aromatic N) is 2. The summed E-state index contributed by atoms with van der Waals surface area (Å²) in [4.78, 5) is 15.4. The van der Waals surface area contributed by atoms with Gasteiger partial charge in [0, 0.05) is 17.6 Å². The van der Waals surface area contributed by atoms with Gasteiger partial charge in [-0.15, -0.1) is 11.3 Å². The van der Waals surface area contributed by atoms with E-state index < -0.39 is 4.92 Å². The molecule has 0 bridgehead atoms. The highest BCUT2D eigenvalue weighted by Crippen LogP contribution is 2.24. The van der Waals surface area contributed by atoms with E-state index in [1.807, 2.05) is 5.38 Å². The first-order valence-corrected chi connectivity index (χ1v) is 6.48. The van der Waals surface area contributed by atoms with Gasteiger partial charge in [-0.1, -0.05) is 6.92 Å². The summed E-state index contributed by atoms with van der Waals surface area (Å²) in [5.74, 6) is 0. The van der Waals surface area contributed by atoms with Gasteiger partial charge in [-0.25, -0.2) is 0 Å². The van der Waals surface area contributed by atoms with Gasteiger partial charge in [0.15, 0.2) is 0 Å². The Hall–Kier alpha value is -1.95. The van der Waals surface area contributed by atoms with Crippen LogP contribution in [0.1, 0.15) is 17.4 Å². The molecule has 2 aromatic heterocycles. The number of hydrogen-bond acceptors (Lipinski definition) is 5. The third-order valence-electron chi connectivity index (χ3n) is 2.65. The minimum absolute atomic E-state index is 0.00658. The van der Waals surface area contributed by atoms with Crippen LogP contribution >= 0.6 is 11.3 Å². The van der Waals surface area contributed by atoms with Crippen LogP contribution in [-0.4, -0.2) is 9.91 Å². The van der Waals surface area contributed by atoms with E-state index in [2.05, 4.69) is 23.3 Å². The van der Waals surface area contributed by atoms with E-state index in [-0.39, 0.29) is 5.69 Å². The number of hydrogen-bond donors (Lipinski definition) is 1. The summed E-state index contributed by atoms with van der Waals surface area (Å²) in [6.45, 7) is 2.70. The second-order valence-corrected chi connectivity index (χ2v) is 4.73. The Kier molecular flexibility index (Phi) is 3.88. The van der Waals surface area contributed by atoms with E-state index in [0.717, 1.165) is 6.42 Å². The summed E-state index contributed by atoms with van der Waals surface area (Å²) >= 11 is 1.66. The normalized spacial score (nSPS) is 10.3. The van der Waals surface area contributed by atoms with Crippen LogP contribution < -0.4 is 5.32 Å². The highest BCUT2D eigenvalue weighted by atomic mass is 32.1. The second kappa shape index (κ2) is 5.59. The third-order valence-corrected chi connectivity index (χ3v) is 3.62. The summed E-state index contributed by atoms with van der Waals surface area (Å²) in [5.41, 5.74) is 1.79. The average Bonchev–Trinajstić information content (AvgIpc) is 2.84. The molecule has 0 saturated carbocycles. The van der Waals surface area contributed by atoms with Gasteiger partial charge in [0.05, 0.1) is 4.92 Å². The molecule has 2 heterocycles. The smallest absolute Gasteiger partial charge is 0.310 e. The number of pyridine rings is 1. The summed E-state index contributed by atoms with van der Waals surface area (Å²) in [6.07, 6.45) is 3.78. The van der Waals surface area contributed by atoms with Gasteiger partial charge in [-0.2, -0.15) is 0 Å². The Balaban J connectivity index is 2.13. The minimum atomic E-state index is -0.426. The lowest BCUT2D eigenvalue weighted by Gasteiger charge is -2.06. The molecule has 0 atom stereocenters. The molecule has 2 rings (SSSR count). The van der Waals surface area contributed by atoms with Gasteiger partial charge < -0.3 is 5.32 Å². The van der Waals surface area contributed by atoms with Crippen molar-refractivity contribution in [2.24, 2.45) is 0 Å². The molecule has 18 heavy (non-hydrogen) atoms. The first kappa shape index (κ1) is 12.5. The first-order valence-electron chi connectivity index (χ1n) is 5.60. The van der Waals surface area contributed by atoms with Crippen molar-refractivity contribution in [3.05, 3.63) is 50.5 Å². The number of nitrogens with one attached hydrogen (secondary N) is 1. The standard InChI is InChI=1S/C12H13N3O2S/c1-2-9-4-6-18-12(9)8-14-10-3-5-13-7-11(10)15(16)17/h3-7H,2,8H2,1H3,(H,13,14). The van der Waals surface area contributed by atoms with Crippen LogP contribution in [0.2, 0.25) is 0 Å². The largest absolute Gasteiger partial charge is 0.374 e. The van der Waals surface area contributed by atoms with Crippen molar-refractivity contribution in [3.63, 3.8) is 0 Å². The fraction of sp³-hybridized carbons (Fsp3) is 0.250. The lowest BCUT2D eigenvalue weighted by atomic mass is 10.2.